The Morgan fingerprint density at radius 1 is 0.474 bits per heavy atom. The first-order valence-electron chi connectivity index (χ1n) is 31.8. The number of carboxylic acid groups (broad SMARTS) is 1. The maximum atomic E-state index is 14.1. The second kappa shape index (κ2) is 24.9. The molecule has 9 atom stereocenters. The Kier molecular flexibility index (Phi) is 16.3. The fourth-order valence-corrected chi connectivity index (χ4v) is 16.0. The molecule has 0 unspecified atom stereocenters. The van der Waals surface area contributed by atoms with Crippen LogP contribution in [0.2, 0.25) is 0 Å². The van der Waals surface area contributed by atoms with Gasteiger partial charge in [-0.1, -0.05) is 72.8 Å². The van der Waals surface area contributed by atoms with Gasteiger partial charge in [-0.25, -0.2) is 22.4 Å². The highest BCUT2D eigenvalue weighted by molar-refractivity contribution is 6.01. The topological polar surface area (TPSA) is 261 Å². The smallest absolute Gasteiger partial charge is 0.341 e. The number of carbonyl (C=O) groups is 6. The first kappa shape index (κ1) is 62.1. The molecular weight excluding hydrogens is 1240 g/mol. The zero-order valence-electron chi connectivity index (χ0n) is 51.1. The molecule has 3 aliphatic carbocycles. The monoisotopic (exact) mass is 1300 g/mol. The number of halogens is 4. The zero-order valence-corrected chi connectivity index (χ0v) is 51.1. The van der Waals surface area contributed by atoms with Crippen molar-refractivity contribution in [3.05, 3.63) is 226 Å². The summed E-state index contributed by atoms with van der Waals surface area (Å²) in [7, 11) is 0. The van der Waals surface area contributed by atoms with Gasteiger partial charge in [-0.05, 0) is 98.8 Å². The number of carboxylic acids is 1. The minimum atomic E-state index is -1.31. The summed E-state index contributed by atoms with van der Waals surface area (Å²) in [6, 6.07) is 25.2. The van der Waals surface area contributed by atoms with Crippen LogP contribution in [0.5, 0.6) is 17.2 Å². The molecule has 6 aliphatic heterocycles. The minimum Gasteiger partial charge on any atom is -0.503 e. The normalized spacial score (nSPS) is 23.3. The van der Waals surface area contributed by atoms with E-state index in [1.807, 2.05) is 70.5 Å². The third-order valence-corrected chi connectivity index (χ3v) is 20.5. The van der Waals surface area contributed by atoms with E-state index in [9.17, 15) is 70.9 Å². The Balaban J connectivity index is 0.000000124. The van der Waals surface area contributed by atoms with Crippen molar-refractivity contribution in [3.8, 4) is 17.2 Å². The Morgan fingerprint density at radius 2 is 0.842 bits per heavy atom. The van der Waals surface area contributed by atoms with Crippen LogP contribution in [0, 0.1) is 41.0 Å². The van der Waals surface area contributed by atoms with Crippen molar-refractivity contribution >= 4 is 35.5 Å². The molecule has 9 heterocycles. The molecule has 16 rings (SSSR count). The van der Waals surface area contributed by atoms with E-state index in [-0.39, 0.29) is 137 Å². The van der Waals surface area contributed by atoms with Gasteiger partial charge in [0, 0.05) is 92.7 Å². The first-order valence-corrected chi connectivity index (χ1v) is 31.8. The minimum absolute atomic E-state index is 0.00475. The van der Waals surface area contributed by atoms with Gasteiger partial charge in [0.05, 0.1) is 18.1 Å². The van der Waals surface area contributed by atoms with E-state index in [2.05, 4.69) is 10.6 Å². The van der Waals surface area contributed by atoms with Crippen LogP contribution in [0.1, 0.15) is 143 Å². The highest BCUT2D eigenvalue weighted by Crippen LogP contribution is 2.49. The zero-order chi connectivity index (χ0) is 66.2. The molecule has 3 aromatic heterocycles. The van der Waals surface area contributed by atoms with Crippen molar-refractivity contribution in [2.75, 3.05) is 0 Å². The van der Waals surface area contributed by atoms with Gasteiger partial charge in [0.2, 0.25) is 16.3 Å². The van der Waals surface area contributed by atoms with Crippen LogP contribution >= 0.6 is 0 Å². The highest BCUT2D eigenvalue weighted by atomic mass is 19.1. The van der Waals surface area contributed by atoms with Crippen LogP contribution in [0.25, 0.3) is 0 Å². The van der Waals surface area contributed by atoms with E-state index in [0.29, 0.717) is 43.5 Å². The van der Waals surface area contributed by atoms with Gasteiger partial charge in [0.1, 0.15) is 53.2 Å². The second-order valence-electron chi connectivity index (χ2n) is 25.8. The third kappa shape index (κ3) is 11.3. The van der Waals surface area contributed by atoms with Crippen LogP contribution in [-0.4, -0.2) is 110 Å². The van der Waals surface area contributed by atoms with E-state index in [0.717, 1.165) is 87.1 Å². The summed E-state index contributed by atoms with van der Waals surface area (Å²) in [4.78, 5) is 122. The molecular formula is C70H64F4N8O13. The summed E-state index contributed by atoms with van der Waals surface area (Å²) < 4.78 is 70.6. The maximum absolute atomic E-state index is 14.1. The number of aromatic carboxylic acids is 1. The average molecular weight is 1300 g/mol. The number of aromatic hydroxyl groups is 1. The lowest BCUT2D eigenvalue weighted by Crippen LogP contribution is -2.52. The Labute approximate surface area is 539 Å². The average Bonchev–Trinajstić information content (AvgIpc) is 1.67. The van der Waals surface area contributed by atoms with E-state index in [1.54, 1.807) is 14.0 Å². The predicted molar refractivity (Wildman–Crippen MR) is 331 cm³/mol. The van der Waals surface area contributed by atoms with Crippen molar-refractivity contribution in [2.24, 2.45) is 17.8 Å². The molecule has 0 radical (unpaired) electrons. The number of rotatable bonds is 13. The standard InChI is InChI=1S/C28H25F2N3O4.C21H19F2N3O4.C21H20N2O5/c29-19-8-6-18(22(30)11-19)12-31-27(35)21-13-32-14-23-17-7-9-20(10-17)33(23)28(36)24(32)26(25(21)34)37-15-16-4-2-1-3-5-16;22-12-3-1-11(15(23)6-12)7-24-20(29)14-8-25-9-16-10-2-4-13(5-10)26(16)21(30)17(25)19(28)18(14)27;24-18-15(21(26)27)9-22-10-16-13-6-7-14(8-13)23(16)20(25)17(22)19(18)28-11-12-4-2-1-3-5-12/h1-6,8,11,13,17,20,23H,7,9-10,12,14-15H2,(H,31,35);1,3,6,8,10,13,16,28H,2,4-5,7,9H2,(H,24,29);1-5,9,13-14,16H,6-8,10-11H2,(H,26,27)/t17-,20+,23+;10-,13+,16+;13-,14+,16+/m111/s1. The molecule has 3 saturated heterocycles. The van der Waals surface area contributed by atoms with Crippen LogP contribution < -0.4 is 36.4 Å². The number of fused-ring (bicyclic) bond motifs is 18. The lowest BCUT2D eigenvalue weighted by atomic mass is 9.95. The molecule has 95 heavy (non-hydrogen) atoms. The number of carbonyl (C=O) groups excluding carboxylic acids is 5. The summed E-state index contributed by atoms with van der Waals surface area (Å²) >= 11 is 0. The number of ether oxygens (including phenoxy) is 2. The number of nitrogens with one attached hydrogen (secondary N) is 2. The molecule has 4 aromatic carbocycles. The molecule has 0 spiro atoms. The van der Waals surface area contributed by atoms with Crippen molar-refractivity contribution in [3.63, 3.8) is 0 Å². The summed E-state index contributed by atoms with van der Waals surface area (Å²) in [5.74, 6) is -6.60. The molecule has 9 aliphatic rings. The van der Waals surface area contributed by atoms with Gasteiger partial charge in [-0.3, -0.25) is 38.4 Å². The van der Waals surface area contributed by atoms with Crippen LogP contribution in [0.15, 0.2) is 130 Å². The molecule has 4 N–H and O–H groups in total. The van der Waals surface area contributed by atoms with E-state index >= 15 is 0 Å². The molecule has 3 saturated carbocycles. The second-order valence-corrected chi connectivity index (χ2v) is 25.8. The Hall–Kier alpha value is -10.3. The summed E-state index contributed by atoms with van der Waals surface area (Å²) in [6.07, 6.45) is 12.9. The van der Waals surface area contributed by atoms with Crippen LogP contribution in [0.4, 0.5) is 17.6 Å². The van der Waals surface area contributed by atoms with Crippen molar-refractivity contribution < 1.29 is 66.0 Å². The van der Waals surface area contributed by atoms with Crippen LogP contribution in [0.3, 0.4) is 0 Å². The molecule has 21 nitrogen and oxygen atoms in total. The SMILES string of the molecule is O=C(NCc1ccc(F)cc1F)c1cn2c(c(O)c1=O)C(=O)N1[C@H]3CC[C@H](C3)[C@@H]1C2.O=C(NCc1ccc(F)cc1F)c1cn2c(c(OCc3ccccc3)c1=O)C(=O)N1[C@H]3CC[C@H](C3)[C@@H]1C2.O=C(O)c1cn2c(c(OCc3ccccc3)c1=O)C(=O)N1[C@H]3CC[C@H](C3)[C@@H]1C2. The number of hydrogen-bond acceptors (Lipinski definition) is 12. The number of aromatic nitrogens is 3. The first-order chi connectivity index (χ1) is 45.8. The molecule has 6 bridgehead atoms. The van der Waals surface area contributed by atoms with Crippen molar-refractivity contribution in [2.45, 2.75) is 140 Å². The van der Waals surface area contributed by atoms with Gasteiger partial charge >= 0.3 is 5.97 Å². The fourth-order valence-electron chi connectivity index (χ4n) is 16.0. The van der Waals surface area contributed by atoms with E-state index < -0.39 is 63.1 Å². The van der Waals surface area contributed by atoms with Crippen LogP contribution in [-0.2, 0) is 45.9 Å². The van der Waals surface area contributed by atoms with Gasteiger partial charge in [0.25, 0.3) is 29.5 Å². The van der Waals surface area contributed by atoms with Crippen molar-refractivity contribution in [1.29, 1.82) is 0 Å². The summed E-state index contributed by atoms with van der Waals surface area (Å²) in [5.41, 5.74) is -1.26. The molecule has 25 heteroatoms. The molecule has 5 amide bonds. The molecule has 6 fully saturated rings. The fraction of sp³-hybridized carbons (Fsp3) is 0.357. The number of nitrogens with zero attached hydrogens (tertiary/aromatic N) is 6. The summed E-state index contributed by atoms with van der Waals surface area (Å²) in [5, 5.41) is 24.9. The number of benzene rings is 4. The number of amides is 5. The molecule has 490 valence electrons. The van der Waals surface area contributed by atoms with Gasteiger partial charge in [-0.15, -0.1) is 0 Å². The predicted octanol–water partition coefficient (Wildman–Crippen LogP) is 7.54. The third-order valence-electron chi connectivity index (χ3n) is 20.5. The number of hydrogen-bond donors (Lipinski definition) is 4. The van der Waals surface area contributed by atoms with E-state index in [4.69, 9.17) is 9.47 Å². The van der Waals surface area contributed by atoms with Crippen molar-refractivity contribution in [1.82, 2.24) is 39.0 Å². The Morgan fingerprint density at radius 3 is 1.24 bits per heavy atom. The Bertz CT molecular complexity index is 4530. The number of piperidine rings is 3. The van der Waals surface area contributed by atoms with E-state index in [1.165, 1.54) is 35.3 Å². The van der Waals surface area contributed by atoms with Gasteiger partial charge in [0.15, 0.2) is 34.3 Å². The quantitative estimate of drug-likeness (QED) is 0.0815. The summed E-state index contributed by atoms with van der Waals surface area (Å²) in [6.45, 7) is 1.04. The maximum Gasteiger partial charge on any atom is 0.341 e. The lowest BCUT2D eigenvalue weighted by molar-refractivity contribution is 0.0471. The number of pyridine rings is 3. The van der Waals surface area contributed by atoms with Gasteiger partial charge in [-0.2, -0.15) is 0 Å². The lowest BCUT2D eigenvalue weighted by Gasteiger charge is -2.40. The highest BCUT2D eigenvalue weighted by Gasteiger charge is 2.55. The molecule has 7 aromatic rings. The largest absolute Gasteiger partial charge is 0.503 e. The van der Waals surface area contributed by atoms with Gasteiger partial charge < -0.3 is 58.7 Å².